The quantitative estimate of drug-likeness (QED) is 0.201. The van der Waals surface area contributed by atoms with Crippen LogP contribution in [-0.4, -0.2) is 96.6 Å². The minimum absolute atomic E-state index is 0.280. The number of piperazine rings is 1. The smallest absolute Gasteiger partial charge is 0.195 e. The third kappa shape index (κ3) is 6.40. The predicted octanol–water partition coefficient (Wildman–Crippen LogP) is 4.39. The van der Waals surface area contributed by atoms with E-state index >= 15 is 0 Å². The lowest BCUT2D eigenvalue weighted by molar-refractivity contribution is -0.0191. The van der Waals surface area contributed by atoms with Gasteiger partial charge in [0.1, 0.15) is 18.1 Å². The van der Waals surface area contributed by atoms with E-state index in [4.69, 9.17) is 5.10 Å². The molecule has 0 amide bonds. The van der Waals surface area contributed by atoms with Crippen LogP contribution in [0.15, 0.2) is 79.5 Å². The molecule has 5 aromatic rings. The summed E-state index contributed by atoms with van der Waals surface area (Å²) in [5, 5.41) is 26.3. The van der Waals surface area contributed by atoms with Crippen molar-refractivity contribution in [2.75, 3.05) is 40.3 Å². The van der Waals surface area contributed by atoms with Crippen molar-refractivity contribution in [3.63, 3.8) is 0 Å². The number of hydrogen-bond acceptors (Lipinski definition) is 9. The number of nitrogens with zero attached hydrogens (tertiary/aromatic N) is 8. The summed E-state index contributed by atoms with van der Waals surface area (Å²) in [6.45, 7) is 5.18. The molecule has 1 saturated carbocycles. The molecule has 0 radical (unpaired) electrons. The fourth-order valence-corrected chi connectivity index (χ4v) is 7.38. The first-order valence-corrected chi connectivity index (χ1v) is 16.5. The number of aromatic amines is 1. The second-order valence-electron chi connectivity index (χ2n) is 13.5. The monoisotopic (exact) mass is 643 g/mol. The minimum Gasteiger partial charge on any atom is -0.380 e. The number of nitrogens with one attached hydrogen (secondary N) is 1. The molecule has 11 nitrogen and oxygen atoms in total. The molecule has 0 bridgehead atoms. The average Bonchev–Trinajstić information content (AvgIpc) is 3.77. The lowest BCUT2D eigenvalue weighted by Crippen LogP contribution is -2.60. The van der Waals surface area contributed by atoms with Gasteiger partial charge in [0, 0.05) is 74.2 Å². The molecule has 0 spiro atoms. The number of Topliss-reactive ketones (excluding diaryl/α,β-unsaturated/α-hetero) is 1. The molecular formula is C37H41N9O2. The number of rotatable bonds is 11. The molecule has 3 aromatic heterocycles. The molecule has 2 fully saturated rings. The van der Waals surface area contributed by atoms with Crippen LogP contribution >= 0.6 is 0 Å². The zero-order valence-corrected chi connectivity index (χ0v) is 27.5. The summed E-state index contributed by atoms with van der Waals surface area (Å²) in [5.74, 6) is -0.280. The van der Waals surface area contributed by atoms with Crippen LogP contribution in [0.1, 0.15) is 52.4 Å². The van der Waals surface area contributed by atoms with Crippen LogP contribution in [0.2, 0.25) is 0 Å². The van der Waals surface area contributed by atoms with E-state index in [9.17, 15) is 15.2 Å². The molecule has 2 aromatic carbocycles. The first-order valence-electron chi connectivity index (χ1n) is 16.5. The summed E-state index contributed by atoms with van der Waals surface area (Å²) < 4.78 is 1.99. The van der Waals surface area contributed by atoms with Gasteiger partial charge in [0.05, 0.1) is 29.9 Å². The molecule has 1 aliphatic heterocycles. The molecule has 2 N–H and O–H groups in total. The van der Waals surface area contributed by atoms with E-state index in [1.165, 1.54) is 0 Å². The summed E-state index contributed by atoms with van der Waals surface area (Å²) in [7, 11) is 4.03. The van der Waals surface area contributed by atoms with E-state index in [1.807, 2.05) is 73.8 Å². The molecule has 1 aliphatic carbocycles. The van der Waals surface area contributed by atoms with Crippen molar-refractivity contribution >= 4 is 16.8 Å². The van der Waals surface area contributed by atoms with Gasteiger partial charge in [0.2, 0.25) is 0 Å². The lowest BCUT2D eigenvalue weighted by atomic mass is 9.70. The van der Waals surface area contributed by atoms with Crippen molar-refractivity contribution in [1.29, 1.82) is 5.26 Å². The summed E-state index contributed by atoms with van der Waals surface area (Å²) in [6.07, 6.45) is 8.28. The van der Waals surface area contributed by atoms with Crippen molar-refractivity contribution in [1.82, 2.24) is 39.4 Å². The van der Waals surface area contributed by atoms with Gasteiger partial charge in [-0.2, -0.15) is 10.4 Å². The number of carbonyl (C=O) groups is 1. The summed E-state index contributed by atoms with van der Waals surface area (Å²) in [4.78, 5) is 32.4. The Labute approximate surface area is 280 Å². The van der Waals surface area contributed by atoms with Gasteiger partial charge in [-0.25, -0.2) is 9.97 Å². The number of benzene rings is 2. The highest BCUT2D eigenvalue weighted by Gasteiger charge is 2.49. The van der Waals surface area contributed by atoms with Gasteiger partial charge in [-0.1, -0.05) is 36.4 Å². The largest absolute Gasteiger partial charge is 0.380 e. The topological polar surface area (TPSA) is 130 Å². The highest BCUT2D eigenvalue weighted by molar-refractivity contribution is 6.00. The van der Waals surface area contributed by atoms with Crippen LogP contribution in [0.25, 0.3) is 22.3 Å². The maximum absolute atomic E-state index is 13.4. The maximum atomic E-state index is 13.4. The van der Waals surface area contributed by atoms with Gasteiger partial charge >= 0.3 is 0 Å². The van der Waals surface area contributed by atoms with E-state index in [-0.39, 0.29) is 11.3 Å². The Morgan fingerprint density at radius 3 is 2.60 bits per heavy atom. The van der Waals surface area contributed by atoms with E-state index < -0.39 is 6.10 Å². The third-order valence-corrected chi connectivity index (χ3v) is 9.86. The van der Waals surface area contributed by atoms with Crippen molar-refractivity contribution in [3.05, 3.63) is 102 Å². The van der Waals surface area contributed by atoms with Gasteiger partial charge in [0.15, 0.2) is 5.78 Å². The van der Waals surface area contributed by atoms with Gasteiger partial charge in [-0.05, 0) is 61.8 Å². The highest BCUT2D eigenvalue weighted by atomic mass is 16.3. The van der Waals surface area contributed by atoms with Crippen molar-refractivity contribution in [2.24, 2.45) is 0 Å². The average molecular weight is 644 g/mol. The molecule has 246 valence electrons. The van der Waals surface area contributed by atoms with Gasteiger partial charge in [0.25, 0.3) is 0 Å². The van der Waals surface area contributed by atoms with Crippen LogP contribution in [0, 0.1) is 11.3 Å². The Morgan fingerprint density at radius 2 is 1.85 bits per heavy atom. The van der Waals surface area contributed by atoms with E-state index in [2.05, 4.69) is 41.8 Å². The fourth-order valence-electron chi connectivity index (χ4n) is 7.38. The molecule has 4 heterocycles. The Hall–Kier alpha value is -4.73. The molecule has 48 heavy (non-hydrogen) atoms. The first kappa shape index (κ1) is 31.8. The van der Waals surface area contributed by atoms with Crippen LogP contribution in [0.3, 0.4) is 0 Å². The van der Waals surface area contributed by atoms with E-state index in [0.29, 0.717) is 30.1 Å². The zero-order valence-electron chi connectivity index (χ0n) is 27.5. The number of H-pyrrole nitrogens is 1. The summed E-state index contributed by atoms with van der Waals surface area (Å²) in [6, 6.07) is 20.0. The van der Waals surface area contributed by atoms with Crippen molar-refractivity contribution in [2.45, 2.75) is 50.0 Å². The van der Waals surface area contributed by atoms with Crippen molar-refractivity contribution in [3.8, 4) is 17.3 Å². The van der Waals surface area contributed by atoms with Gasteiger partial charge in [-0.3, -0.25) is 19.3 Å². The Kier molecular flexibility index (Phi) is 8.90. The molecule has 2 aliphatic rings. The first-order chi connectivity index (χ1) is 23.3. The third-order valence-electron chi connectivity index (χ3n) is 9.86. The second kappa shape index (κ2) is 13.4. The molecule has 1 unspecified atom stereocenters. The normalized spacial score (nSPS) is 20.9. The lowest BCUT2D eigenvalue weighted by Gasteiger charge is -2.52. The number of aromatic nitrogens is 5. The van der Waals surface area contributed by atoms with Gasteiger partial charge in [-0.15, -0.1) is 0 Å². The van der Waals surface area contributed by atoms with Crippen LogP contribution in [0.5, 0.6) is 0 Å². The summed E-state index contributed by atoms with van der Waals surface area (Å²) in [5.41, 5.74) is 5.51. The number of aliphatic hydroxyl groups is 1. The SMILES string of the molecule is CN(C)Cc1cc(CN2CCN(C3CC(CC#N)(n4cc(-c5ncnc6[nH]ccc56)cn4)C3)CC2)cc(C(=O)C(O)c2ccccc2)c1. The number of carbonyl (C=O) groups excluding carboxylic acids is 1. The highest BCUT2D eigenvalue weighted by Crippen LogP contribution is 2.45. The standard InChI is InChI=1S/C37H41N9O2/c1-43(2)22-26-16-27(18-29(17-26)35(48)34(47)28-6-4-3-5-7-28)23-44-12-14-45(15-13-44)31-19-37(20-31,9-10-38)46-24-30(21-42-46)33-32-8-11-39-36(32)41-25-40-33/h3-8,11,16-18,21,24-25,31,34,47H,9,12-15,19-20,22-23H2,1-2H3,(H,39,40,41). The van der Waals surface area contributed by atoms with Gasteiger partial charge < -0.3 is 15.0 Å². The molecule has 1 atom stereocenters. The molecular weight excluding hydrogens is 602 g/mol. The number of hydrogen-bond donors (Lipinski definition) is 2. The second-order valence-corrected chi connectivity index (χ2v) is 13.5. The minimum atomic E-state index is -1.19. The Bertz CT molecular complexity index is 1930. The van der Waals surface area contributed by atoms with Crippen molar-refractivity contribution < 1.29 is 9.90 Å². The fraction of sp³-hybridized carbons (Fsp3) is 0.378. The molecule has 1 saturated heterocycles. The van der Waals surface area contributed by atoms with Crippen LogP contribution < -0.4 is 0 Å². The zero-order chi connectivity index (χ0) is 33.3. The van der Waals surface area contributed by atoms with Crippen LogP contribution in [-0.2, 0) is 18.6 Å². The summed E-state index contributed by atoms with van der Waals surface area (Å²) >= 11 is 0. The number of nitriles is 1. The van der Waals surface area contributed by atoms with Crippen LogP contribution in [0.4, 0.5) is 0 Å². The number of fused-ring (bicyclic) bond motifs is 1. The Morgan fingerprint density at radius 1 is 1.08 bits per heavy atom. The number of aliphatic hydroxyl groups excluding tert-OH is 1. The Balaban J connectivity index is 0.994. The molecule has 7 rings (SSSR count). The van der Waals surface area contributed by atoms with E-state index in [1.54, 1.807) is 18.5 Å². The van der Waals surface area contributed by atoms with E-state index in [0.717, 1.165) is 79.0 Å². The molecule has 11 heteroatoms. The predicted molar refractivity (Wildman–Crippen MR) is 183 cm³/mol. The maximum Gasteiger partial charge on any atom is 0.195 e. The number of ketones is 1.